The molecule has 0 spiro atoms. The second-order valence-electron chi connectivity index (χ2n) is 3.38. The van der Waals surface area contributed by atoms with Crippen molar-refractivity contribution in [3.8, 4) is 5.75 Å². The number of ether oxygens (including phenoxy) is 1. The third kappa shape index (κ3) is 4.34. The van der Waals surface area contributed by atoms with Gasteiger partial charge in [-0.2, -0.15) is 0 Å². The summed E-state index contributed by atoms with van der Waals surface area (Å²) in [4.78, 5) is 0. The Morgan fingerprint density at radius 1 is 1.07 bits per heavy atom. The zero-order chi connectivity index (χ0) is 10.9. The molecule has 0 aliphatic carbocycles. The Labute approximate surface area is 92.6 Å². The molecule has 0 atom stereocenters. The molecule has 1 N–H and O–H groups in total. The van der Waals surface area contributed by atoms with Gasteiger partial charge in [-0.15, -0.1) is 0 Å². The Hall–Kier alpha value is -1.02. The standard InChI is InChI=1S/C11H15NO.C2H6/c1-2-4-10(5-3-1)13-11-6-8-12-9-7-11;1-2/h1-5,11-12H,6-9H2;1-2H3. The molecular formula is C13H21NO. The molecule has 15 heavy (non-hydrogen) atoms. The summed E-state index contributed by atoms with van der Waals surface area (Å²) in [5.74, 6) is 0.995. The second kappa shape index (κ2) is 7.30. The lowest BCUT2D eigenvalue weighted by atomic mass is 10.1. The van der Waals surface area contributed by atoms with Crippen molar-refractivity contribution in [2.24, 2.45) is 0 Å². The van der Waals surface area contributed by atoms with Crippen LogP contribution in [-0.4, -0.2) is 19.2 Å². The first-order valence-electron chi connectivity index (χ1n) is 5.87. The number of hydrogen-bond donors (Lipinski definition) is 1. The summed E-state index contributed by atoms with van der Waals surface area (Å²) in [5, 5.41) is 3.32. The smallest absolute Gasteiger partial charge is 0.119 e. The van der Waals surface area contributed by atoms with Gasteiger partial charge >= 0.3 is 0 Å². The maximum absolute atomic E-state index is 5.82. The zero-order valence-electron chi connectivity index (χ0n) is 9.70. The average Bonchev–Trinajstić information content (AvgIpc) is 2.34. The summed E-state index contributed by atoms with van der Waals surface area (Å²) in [6.07, 6.45) is 2.65. The van der Waals surface area contributed by atoms with Crippen LogP contribution < -0.4 is 10.1 Å². The van der Waals surface area contributed by atoms with E-state index < -0.39 is 0 Å². The maximum Gasteiger partial charge on any atom is 0.119 e. The largest absolute Gasteiger partial charge is 0.490 e. The van der Waals surface area contributed by atoms with Crippen LogP contribution in [0.25, 0.3) is 0 Å². The van der Waals surface area contributed by atoms with Gasteiger partial charge < -0.3 is 10.1 Å². The highest BCUT2D eigenvalue weighted by Gasteiger charge is 2.13. The van der Waals surface area contributed by atoms with E-state index in [1.165, 1.54) is 0 Å². The van der Waals surface area contributed by atoms with Crippen molar-refractivity contribution < 1.29 is 4.74 Å². The van der Waals surface area contributed by atoms with E-state index >= 15 is 0 Å². The van der Waals surface area contributed by atoms with E-state index in [0.717, 1.165) is 31.7 Å². The summed E-state index contributed by atoms with van der Waals surface area (Å²) in [6.45, 7) is 6.16. The van der Waals surface area contributed by atoms with Gasteiger partial charge in [0.25, 0.3) is 0 Å². The molecule has 0 radical (unpaired) electrons. The van der Waals surface area contributed by atoms with E-state index in [9.17, 15) is 0 Å². The quantitative estimate of drug-likeness (QED) is 0.805. The fourth-order valence-electron chi connectivity index (χ4n) is 1.60. The molecule has 1 heterocycles. The van der Waals surface area contributed by atoms with Crippen LogP contribution in [0.5, 0.6) is 5.75 Å². The molecule has 1 fully saturated rings. The van der Waals surface area contributed by atoms with Gasteiger partial charge in [0, 0.05) is 0 Å². The highest BCUT2D eigenvalue weighted by Crippen LogP contribution is 2.15. The van der Waals surface area contributed by atoms with Gasteiger partial charge in [0.1, 0.15) is 11.9 Å². The average molecular weight is 207 g/mol. The second-order valence-corrected chi connectivity index (χ2v) is 3.38. The van der Waals surface area contributed by atoms with Gasteiger partial charge in [0.15, 0.2) is 0 Å². The summed E-state index contributed by atoms with van der Waals surface area (Å²) in [5.41, 5.74) is 0. The van der Waals surface area contributed by atoms with Gasteiger partial charge in [0.2, 0.25) is 0 Å². The number of rotatable bonds is 2. The van der Waals surface area contributed by atoms with Gasteiger partial charge in [-0.1, -0.05) is 32.0 Å². The Bertz CT molecular complexity index is 242. The number of piperidine rings is 1. The summed E-state index contributed by atoms with van der Waals surface area (Å²) in [7, 11) is 0. The lowest BCUT2D eigenvalue weighted by Gasteiger charge is -2.23. The van der Waals surface area contributed by atoms with Gasteiger partial charge in [-0.05, 0) is 38.1 Å². The van der Waals surface area contributed by atoms with Crippen molar-refractivity contribution in [2.45, 2.75) is 32.8 Å². The Kier molecular flexibility index (Phi) is 5.86. The van der Waals surface area contributed by atoms with Crippen molar-refractivity contribution in [3.05, 3.63) is 30.3 Å². The number of hydrogen-bond acceptors (Lipinski definition) is 2. The van der Waals surface area contributed by atoms with Gasteiger partial charge in [0.05, 0.1) is 0 Å². The normalized spacial score (nSPS) is 16.4. The van der Waals surface area contributed by atoms with Crippen LogP contribution in [-0.2, 0) is 0 Å². The molecule has 84 valence electrons. The van der Waals surface area contributed by atoms with E-state index in [2.05, 4.69) is 5.32 Å². The first kappa shape index (κ1) is 12.1. The first-order chi connectivity index (χ1) is 7.45. The fourth-order valence-corrected chi connectivity index (χ4v) is 1.60. The van der Waals surface area contributed by atoms with Crippen LogP contribution in [0.1, 0.15) is 26.7 Å². The van der Waals surface area contributed by atoms with E-state index in [4.69, 9.17) is 4.74 Å². The van der Waals surface area contributed by atoms with E-state index in [-0.39, 0.29) is 0 Å². The Balaban J connectivity index is 0.000000531. The molecule has 2 rings (SSSR count). The van der Waals surface area contributed by atoms with Crippen LogP contribution in [0.2, 0.25) is 0 Å². The minimum Gasteiger partial charge on any atom is -0.490 e. The van der Waals surface area contributed by atoms with Crippen molar-refractivity contribution in [1.29, 1.82) is 0 Å². The molecule has 0 saturated carbocycles. The first-order valence-corrected chi connectivity index (χ1v) is 5.87. The van der Waals surface area contributed by atoms with Gasteiger partial charge in [-0.3, -0.25) is 0 Å². The number of benzene rings is 1. The zero-order valence-corrected chi connectivity index (χ0v) is 9.70. The van der Waals surface area contributed by atoms with Crippen molar-refractivity contribution in [1.82, 2.24) is 5.32 Å². The van der Waals surface area contributed by atoms with Crippen LogP contribution >= 0.6 is 0 Å². The molecule has 0 bridgehead atoms. The highest BCUT2D eigenvalue weighted by molar-refractivity contribution is 5.21. The molecule has 0 amide bonds. The SMILES string of the molecule is CC.c1ccc(OC2CCNCC2)cc1. The van der Waals surface area contributed by atoms with Crippen LogP contribution in [0.4, 0.5) is 0 Å². The Morgan fingerprint density at radius 3 is 2.27 bits per heavy atom. The predicted molar refractivity (Wildman–Crippen MR) is 64.3 cm³/mol. The minimum atomic E-state index is 0.406. The lowest BCUT2D eigenvalue weighted by molar-refractivity contribution is 0.162. The van der Waals surface area contributed by atoms with Crippen molar-refractivity contribution >= 4 is 0 Å². The van der Waals surface area contributed by atoms with Crippen LogP contribution in [0.15, 0.2) is 30.3 Å². The molecule has 1 aliphatic rings. The highest BCUT2D eigenvalue weighted by atomic mass is 16.5. The summed E-state index contributed by atoms with van der Waals surface area (Å²) < 4.78 is 5.82. The third-order valence-corrected chi connectivity index (χ3v) is 2.33. The van der Waals surface area contributed by atoms with Crippen LogP contribution in [0, 0.1) is 0 Å². The molecule has 1 saturated heterocycles. The molecule has 2 nitrogen and oxygen atoms in total. The van der Waals surface area contributed by atoms with E-state index in [0.29, 0.717) is 6.10 Å². The molecule has 1 aliphatic heterocycles. The predicted octanol–water partition coefficient (Wildman–Crippen LogP) is 2.84. The van der Waals surface area contributed by atoms with Crippen LogP contribution in [0.3, 0.4) is 0 Å². The summed E-state index contributed by atoms with van der Waals surface area (Å²) >= 11 is 0. The van der Waals surface area contributed by atoms with E-state index in [1.807, 2.05) is 44.2 Å². The fraction of sp³-hybridized carbons (Fsp3) is 0.538. The molecule has 0 aromatic heterocycles. The molecule has 2 heteroatoms. The van der Waals surface area contributed by atoms with E-state index in [1.54, 1.807) is 0 Å². The number of nitrogens with one attached hydrogen (secondary N) is 1. The molecular weight excluding hydrogens is 186 g/mol. The minimum absolute atomic E-state index is 0.406. The lowest BCUT2D eigenvalue weighted by Crippen LogP contribution is -2.34. The topological polar surface area (TPSA) is 21.3 Å². The molecule has 0 unspecified atom stereocenters. The summed E-state index contributed by atoms with van der Waals surface area (Å²) in [6, 6.07) is 10.1. The van der Waals surface area contributed by atoms with Crippen molar-refractivity contribution in [3.63, 3.8) is 0 Å². The third-order valence-electron chi connectivity index (χ3n) is 2.33. The number of para-hydroxylation sites is 1. The Morgan fingerprint density at radius 2 is 1.67 bits per heavy atom. The maximum atomic E-state index is 5.82. The molecule has 1 aromatic rings. The monoisotopic (exact) mass is 207 g/mol. The van der Waals surface area contributed by atoms with Gasteiger partial charge in [-0.25, -0.2) is 0 Å². The van der Waals surface area contributed by atoms with Crippen molar-refractivity contribution in [2.75, 3.05) is 13.1 Å². The molecule has 1 aromatic carbocycles.